The number of benzene rings is 1. The second-order valence-corrected chi connectivity index (χ2v) is 6.01. The highest BCUT2D eigenvalue weighted by Gasteiger charge is 2.24. The number of para-hydroxylation sites is 1. The molecular weight excluding hydrogens is 278 g/mol. The summed E-state index contributed by atoms with van der Waals surface area (Å²) in [4.78, 5) is 3.19. The minimum Gasteiger partial charge on any atom is -0.496 e. The summed E-state index contributed by atoms with van der Waals surface area (Å²) in [5.41, 5.74) is 1.29. The summed E-state index contributed by atoms with van der Waals surface area (Å²) in [7, 11) is 1.74. The van der Waals surface area contributed by atoms with Gasteiger partial charge >= 0.3 is 0 Å². The minimum atomic E-state index is 0.677. The van der Waals surface area contributed by atoms with Gasteiger partial charge in [0, 0.05) is 23.5 Å². The fourth-order valence-corrected chi connectivity index (χ4v) is 2.79. The molecule has 0 saturated carbocycles. The van der Waals surface area contributed by atoms with Crippen molar-refractivity contribution in [1.82, 2.24) is 4.90 Å². The van der Waals surface area contributed by atoms with Crippen LogP contribution in [0.1, 0.15) is 18.9 Å². The number of rotatable bonds is 3. The summed E-state index contributed by atoms with van der Waals surface area (Å²) < 4.78 is 5.40. The Morgan fingerprint density at radius 3 is 2.88 bits per heavy atom. The molecule has 0 aromatic heterocycles. The van der Waals surface area contributed by atoms with E-state index in [4.69, 9.17) is 4.74 Å². The molecule has 2 atom stereocenters. The van der Waals surface area contributed by atoms with Crippen molar-refractivity contribution < 1.29 is 4.74 Å². The third-order valence-electron chi connectivity index (χ3n) is 3.47. The highest BCUT2D eigenvalue weighted by atomic mass is 79.9. The van der Waals surface area contributed by atoms with Crippen LogP contribution in [0.5, 0.6) is 5.75 Å². The first-order chi connectivity index (χ1) is 8.20. The van der Waals surface area contributed by atoms with Crippen LogP contribution in [0.2, 0.25) is 0 Å². The second-order valence-electron chi connectivity index (χ2n) is 4.83. The molecule has 1 aliphatic rings. The Kier molecular flexibility index (Phi) is 4.46. The van der Waals surface area contributed by atoms with Crippen molar-refractivity contribution in [2.75, 3.05) is 20.2 Å². The van der Waals surface area contributed by atoms with Crippen molar-refractivity contribution in [2.45, 2.75) is 24.7 Å². The molecule has 1 aliphatic heterocycles. The van der Waals surface area contributed by atoms with E-state index in [0.717, 1.165) is 31.3 Å². The number of nitrogens with zero attached hydrogens (tertiary/aromatic N) is 1. The summed E-state index contributed by atoms with van der Waals surface area (Å²) in [6.07, 6.45) is 1.23. The molecule has 1 heterocycles. The maximum Gasteiger partial charge on any atom is 0.123 e. The number of ether oxygens (including phenoxy) is 1. The molecule has 1 aromatic carbocycles. The van der Waals surface area contributed by atoms with E-state index in [2.05, 4.69) is 39.9 Å². The van der Waals surface area contributed by atoms with Crippen LogP contribution in [0, 0.1) is 5.92 Å². The van der Waals surface area contributed by atoms with E-state index in [1.165, 1.54) is 12.0 Å². The molecule has 1 aromatic rings. The highest BCUT2D eigenvalue weighted by Crippen LogP contribution is 2.26. The van der Waals surface area contributed by atoms with Gasteiger partial charge in [0.05, 0.1) is 7.11 Å². The number of halogens is 1. The third-order valence-corrected chi connectivity index (χ3v) is 4.83. The number of hydrogen-bond acceptors (Lipinski definition) is 2. The minimum absolute atomic E-state index is 0.677. The smallest absolute Gasteiger partial charge is 0.123 e. The normalized spacial score (nSPS) is 25.8. The molecule has 1 saturated heterocycles. The fraction of sp³-hybridized carbons (Fsp3) is 0.571. The first-order valence-electron chi connectivity index (χ1n) is 6.19. The number of likely N-dealkylation sites (tertiary alicyclic amines) is 1. The zero-order valence-corrected chi connectivity index (χ0v) is 12.1. The third kappa shape index (κ3) is 3.23. The van der Waals surface area contributed by atoms with Crippen LogP contribution in [0.25, 0.3) is 0 Å². The van der Waals surface area contributed by atoms with Crippen LogP contribution in [0.3, 0.4) is 0 Å². The largest absolute Gasteiger partial charge is 0.496 e. The molecule has 0 N–H and O–H groups in total. The van der Waals surface area contributed by atoms with Gasteiger partial charge in [-0.3, -0.25) is 4.90 Å². The van der Waals surface area contributed by atoms with Crippen LogP contribution in [-0.2, 0) is 6.54 Å². The topological polar surface area (TPSA) is 12.5 Å². The summed E-state index contributed by atoms with van der Waals surface area (Å²) in [5.74, 6) is 1.72. The van der Waals surface area contributed by atoms with Gasteiger partial charge in [-0.15, -0.1) is 0 Å². The van der Waals surface area contributed by atoms with E-state index in [-0.39, 0.29) is 0 Å². The van der Waals surface area contributed by atoms with E-state index in [0.29, 0.717) is 4.83 Å². The molecule has 0 spiro atoms. The van der Waals surface area contributed by atoms with Gasteiger partial charge in [0.15, 0.2) is 0 Å². The van der Waals surface area contributed by atoms with Crippen molar-refractivity contribution in [3.05, 3.63) is 29.8 Å². The summed E-state index contributed by atoms with van der Waals surface area (Å²) in [6, 6.07) is 8.30. The molecule has 3 heteroatoms. The van der Waals surface area contributed by atoms with Crippen molar-refractivity contribution in [1.29, 1.82) is 0 Å². The Balaban J connectivity index is 2.01. The van der Waals surface area contributed by atoms with Gasteiger partial charge in [-0.2, -0.15) is 0 Å². The van der Waals surface area contributed by atoms with Crippen LogP contribution in [0.4, 0.5) is 0 Å². The average molecular weight is 298 g/mol. The second kappa shape index (κ2) is 5.87. The van der Waals surface area contributed by atoms with Gasteiger partial charge in [-0.25, -0.2) is 0 Å². The first-order valence-corrected chi connectivity index (χ1v) is 7.10. The van der Waals surface area contributed by atoms with E-state index in [1.807, 2.05) is 12.1 Å². The SMILES string of the molecule is COc1ccccc1CN1CCC(Br)C(C)C1. The predicted octanol–water partition coefficient (Wildman–Crippen LogP) is 3.30. The van der Waals surface area contributed by atoms with Gasteiger partial charge in [-0.05, 0) is 24.9 Å². The molecule has 2 unspecified atom stereocenters. The molecular formula is C14H20BrNO. The van der Waals surface area contributed by atoms with Gasteiger partial charge in [-0.1, -0.05) is 41.1 Å². The Hall–Kier alpha value is -0.540. The van der Waals surface area contributed by atoms with Gasteiger partial charge in [0.25, 0.3) is 0 Å². The summed E-state index contributed by atoms with van der Waals surface area (Å²) in [5, 5.41) is 0. The fourth-order valence-electron chi connectivity index (χ4n) is 2.42. The van der Waals surface area contributed by atoms with Gasteiger partial charge in [0.2, 0.25) is 0 Å². The standard InChI is InChI=1S/C14H20BrNO/c1-11-9-16(8-7-13(11)15)10-12-5-3-4-6-14(12)17-2/h3-6,11,13H,7-10H2,1-2H3. The average Bonchev–Trinajstić information content (AvgIpc) is 2.34. The Labute approximate surface area is 112 Å². The highest BCUT2D eigenvalue weighted by molar-refractivity contribution is 9.09. The molecule has 0 bridgehead atoms. The lowest BCUT2D eigenvalue weighted by atomic mass is 9.99. The van der Waals surface area contributed by atoms with Crippen LogP contribution >= 0.6 is 15.9 Å². The predicted molar refractivity (Wildman–Crippen MR) is 74.8 cm³/mol. The number of piperidine rings is 1. The van der Waals surface area contributed by atoms with Crippen LogP contribution in [-0.4, -0.2) is 29.9 Å². The summed E-state index contributed by atoms with van der Waals surface area (Å²) in [6.45, 7) is 5.63. The molecule has 1 fully saturated rings. The zero-order valence-electron chi connectivity index (χ0n) is 10.5. The first kappa shape index (κ1) is 12.9. The number of alkyl halides is 1. The molecule has 17 heavy (non-hydrogen) atoms. The van der Waals surface area contributed by atoms with Gasteiger partial charge in [0.1, 0.15) is 5.75 Å². The molecule has 2 nitrogen and oxygen atoms in total. The zero-order chi connectivity index (χ0) is 12.3. The Bertz CT molecular complexity index is 369. The van der Waals surface area contributed by atoms with Crippen molar-refractivity contribution in [2.24, 2.45) is 5.92 Å². The number of methoxy groups -OCH3 is 1. The lowest BCUT2D eigenvalue weighted by Crippen LogP contribution is -2.39. The lowest BCUT2D eigenvalue weighted by molar-refractivity contribution is 0.182. The van der Waals surface area contributed by atoms with E-state index in [9.17, 15) is 0 Å². The van der Waals surface area contributed by atoms with E-state index >= 15 is 0 Å². The van der Waals surface area contributed by atoms with Crippen molar-refractivity contribution in [3.8, 4) is 5.75 Å². The van der Waals surface area contributed by atoms with Crippen LogP contribution in [0.15, 0.2) is 24.3 Å². The molecule has 94 valence electrons. The Morgan fingerprint density at radius 1 is 1.41 bits per heavy atom. The molecule has 0 aliphatic carbocycles. The monoisotopic (exact) mass is 297 g/mol. The molecule has 0 radical (unpaired) electrons. The van der Waals surface area contributed by atoms with E-state index in [1.54, 1.807) is 7.11 Å². The maximum atomic E-state index is 5.40. The maximum absolute atomic E-state index is 5.40. The Morgan fingerprint density at radius 2 is 2.18 bits per heavy atom. The van der Waals surface area contributed by atoms with Crippen LogP contribution < -0.4 is 4.74 Å². The van der Waals surface area contributed by atoms with E-state index < -0.39 is 0 Å². The van der Waals surface area contributed by atoms with Crippen molar-refractivity contribution in [3.63, 3.8) is 0 Å². The lowest BCUT2D eigenvalue weighted by Gasteiger charge is -2.34. The molecule has 2 rings (SSSR count). The molecule has 0 amide bonds. The van der Waals surface area contributed by atoms with Gasteiger partial charge < -0.3 is 4.74 Å². The van der Waals surface area contributed by atoms with Crippen molar-refractivity contribution >= 4 is 15.9 Å². The summed E-state index contributed by atoms with van der Waals surface area (Å²) >= 11 is 3.74. The number of hydrogen-bond donors (Lipinski definition) is 0. The quantitative estimate of drug-likeness (QED) is 0.794.